The molecule has 96 valence electrons. The molecule has 3 aromatic rings. The third-order valence-electron chi connectivity index (χ3n) is 2.64. The molecule has 0 aliphatic carbocycles. The van der Waals surface area contributed by atoms with Crippen LogP contribution < -0.4 is 11.3 Å². The lowest BCUT2D eigenvalue weighted by atomic mass is 10.2. The van der Waals surface area contributed by atoms with Crippen molar-refractivity contribution in [1.29, 1.82) is 0 Å². The van der Waals surface area contributed by atoms with Gasteiger partial charge in [-0.1, -0.05) is 41.7 Å². The highest BCUT2D eigenvalue weighted by Crippen LogP contribution is 2.20. The highest BCUT2D eigenvalue weighted by Gasteiger charge is 2.09. The standard InChI is InChI=1S/C12H12N6S/c13-15-12-17-16-10(19-12)8-18-7-6-14-11(18)9-4-2-1-3-5-9/h1-7H,8,13H2,(H,15,17). The summed E-state index contributed by atoms with van der Waals surface area (Å²) in [7, 11) is 0. The van der Waals surface area contributed by atoms with Crippen LogP contribution in [0.5, 0.6) is 0 Å². The van der Waals surface area contributed by atoms with E-state index in [0.29, 0.717) is 11.7 Å². The van der Waals surface area contributed by atoms with Gasteiger partial charge in [-0.25, -0.2) is 10.8 Å². The maximum Gasteiger partial charge on any atom is 0.219 e. The number of nitrogen functional groups attached to an aromatic ring is 1. The number of nitrogens with zero attached hydrogens (tertiary/aromatic N) is 4. The number of imidazole rings is 1. The number of hydrogen-bond donors (Lipinski definition) is 2. The van der Waals surface area contributed by atoms with Gasteiger partial charge in [0, 0.05) is 18.0 Å². The third-order valence-corrected chi connectivity index (χ3v) is 3.48. The van der Waals surface area contributed by atoms with Gasteiger partial charge in [0.05, 0.1) is 6.54 Å². The summed E-state index contributed by atoms with van der Waals surface area (Å²) in [6.45, 7) is 0.629. The van der Waals surface area contributed by atoms with E-state index in [2.05, 4.69) is 20.6 Å². The fourth-order valence-electron chi connectivity index (χ4n) is 1.81. The lowest BCUT2D eigenvalue weighted by Crippen LogP contribution is -2.05. The molecule has 1 aromatic carbocycles. The zero-order valence-corrected chi connectivity index (χ0v) is 10.8. The summed E-state index contributed by atoms with van der Waals surface area (Å²) >= 11 is 1.43. The molecular formula is C12H12N6S. The van der Waals surface area contributed by atoms with Crippen LogP contribution in [0, 0.1) is 0 Å². The lowest BCUT2D eigenvalue weighted by Gasteiger charge is -2.05. The maximum atomic E-state index is 5.30. The molecule has 3 N–H and O–H groups in total. The monoisotopic (exact) mass is 272 g/mol. The van der Waals surface area contributed by atoms with E-state index in [0.717, 1.165) is 16.4 Å². The molecule has 0 aliphatic rings. The Hall–Kier alpha value is -2.25. The second-order valence-corrected chi connectivity index (χ2v) is 4.95. The molecule has 0 saturated heterocycles. The third kappa shape index (κ3) is 2.47. The molecule has 0 radical (unpaired) electrons. The average molecular weight is 272 g/mol. The van der Waals surface area contributed by atoms with Gasteiger partial charge in [0.25, 0.3) is 0 Å². The number of nitrogens with one attached hydrogen (secondary N) is 1. The summed E-state index contributed by atoms with van der Waals surface area (Å²) in [4.78, 5) is 4.39. The van der Waals surface area contributed by atoms with Gasteiger partial charge in [-0.2, -0.15) is 0 Å². The van der Waals surface area contributed by atoms with Crippen LogP contribution in [0.25, 0.3) is 11.4 Å². The van der Waals surface area contributed by atoms with Crippen LogP contribution in [0.4, 0.5) is 5.13 Å². The van der Waals surface area contributed by atoms with Crippen molar-refractivity contribution in [3.63, 3.8) is 0 Å². The van der Waals surface area contributed by atoms with Gasteiger partial charge in [-0.3, -0.25) is 5.43 Å². The Morgan fingerprint density at radius 1 is 1.21 bits per heavy atom. The molecule has 6 nitrogen and oxygen atoms in total. The van der Waals surface area contributed by atoms with Crippen molar-refractivity contribution in [2.45, 2.75) is 6.54 Å². The molecular weight excluding hydrogens is 260 g/mol. The van der Waals surface area contributed by atoms with Crippen LogP contribution in [-0.4, -0.2) is 19.7 Å². The average Bonchev–Trinajstić information content (AvgIpc) is 3.09. The number of rotatable bonds is 4. The molecule has 2 aromatic heterocycles. The molecule has 7 heteroatoms. The summed E-state index contributed by atoms with van der Waals surface area (Å²) in [6, 6.07) is 10.0. The van der Waals surface area contributed by atoms with Gasteiger partial charge < -0.3 is 4.57 Å². The van der Waals surface area contributed by atoms with E-state index in [9.17, 15) is 0 Å². The first-order chi connectivity index (χ1) is 9.36. The van der Waals surface area contributed by atoms with E-state index in [4.69, 9.17) is 5.84 Å². The fraction of sp³-hybridized carbons (Fsp3) is 0.0833. The molecule has 0 fully saturated rings. The number of anilines is 1. The van der Waals surface area contributed by atoms with Crippen molar-refractivity contribution >= 4 is 16.5 Å². The summed E-state index contributed by atoms with van der Waals surface area (Å²) in [5.41, 5.74) is 3.57. The van der Waals surface area contributed by atoms with E-state index in [1.807, 2.05) is 41.1 Å². The van der Waals surface area contributed by atoms with E-state index in [1.165, 1.54) is 11.3 Å². The quantitative estimate of drug-likeness (QED) is 0.558. The molecule has 3 rings (SSSR count). The first-order valence-electron chi connectivity index (χ1n) is 5.72. The minimum Gasteiger partial charge on any atom is -0.324 e. The Bertz CT molecular complexity index is 660. The van der Waals surface area contributed by atoms with Crippen molar-refractivity contribution in [3.05, 3.63) is 47.7 Å². The number of nitrogens with two attached hydrogens (primary N) is 1. The van der Waals surface area contributed by atoms with Gasteiger partial charge in [-0.15, -0.1) is 10.2 Å². The van der Waals surface area contributed by atoms with Gasteiger partial charge in [0.2, 0.25) is 5.13 Å². The molecule has 0 atom stereocenters. The van der Waals surface area contributed by atoms with Crippen molar-refractivity contribution in [2.75, 3.05) is 5.43 Å². The fourth-order valence-corrected chi connectivity index (χ4v) is 2.45. The van der Waals surface area contributed by atoms with Gasteiger partial charge in [0.1, 0.15) is 10.8 Å². The van der Waals surface area contributed by atoms with Crippen LogP contribution in [-0.2, 0) is 6.54 Å². The highest BCUT2D eigenvalue weighted by atomic mass is 32.1. The normalized spacial score (nSPS) is 10.6. The van der Waals surface area contributed by atoms with Crippen molar-refractivity contribution < 1.29 is 0 Å². The second-order valence-electron chi connectivity index (χ2n) is 3.89. The Balaban J connectivity index is 1.88. The molecule has 0 spiro atoms. The Labute approximate surface area is 113 Å². The van der Waals surface area contributed by atoms with Crippen LogP contribution >= 0.6 is 11.3 Å². The molecule has 0 amide bonds. The lowest BCUT2D eigenvalue weighted by molar-refractivity contribution is 0.785. The van der Waals surface area contributed by atoms with E-state index in [1.54, 1.807) is 6.20 Å². The van der Waals surface area contributed by atoms with Gasteiger partial charge in [-0.05, 0) is 0 Å². The predicted octanol–water partition coefficient (Wildman–Crippen LogP) is 1.74. The Kier molecular flexibility index (Phi) is 3.21. The van der Waals surface area contributed by atoms with Gasteiger partial charge >= 0.3 is 0 Å². The topological polar surface area (TPSA) is 81.6 Å². The maximum absolute atomic E-state index is 5.30. The first kappa shape index (κ1) is 11.8. The molecule has 0 aliphatic heterocycles. The van der Waals surface area contributed by atoms with Crippen molar-refractivity contribution in [2.24, 2.45) is 5.84 Å². The highest BCUT2D eigenvalue weighted by molar-refractivity contribution is 7.15. The summed E-state index contributed by atoms with van der Waals surface area (Å²) < 4.78 is 2.04. The minimum absolute atomic E-state index is 0.608. The summed E-state index contributed by atoms with van der Waals surface area (Å²) in [5.74, 6) is 6.21. The molecule has 2 heterocycles. The number of hydrogen-bond acceptors (Lipinski definition) is 6. The van der Waals surface area contributed by atoms with E-state index in [-0.39, 0.29) is 0 Å². The smallest absolute Gasteiger partial charge is 0.219 e. The zero-order chi connectivity index (χ0) is 13.1. The first-order valence-corrected chi connectivity index (χ1v) is 6.54. The Morgan fingerprint density at radius 2 is 2.05 bits per heavy atom. The van der Waals surface area contributed by atoms with Crippen molar-refractivity contribution in [3.8, 4) is 11.4 Å². The van der Waals surface area contributed by atoms with E-state index < -0.39 is 0 Å². The van der Waals surface area contributed by atoms with Crippen LogP contribution in [0.15, 0.2) is 42.7 Å². The van der Waals surface area contributed by atoms with Crippen LogP contribution in [0.3, 0.4) is 0 Å². The van der Waals surface area contributed by atoms with E-state index >= 15 is 0 Å². The summed E-state index contributed by atoms with van der Waals surface area (Å²) in [5, 5.41) is 9.48. The van der Waals surface area contributed by atoms with Crippen molar-refractivity contribution in [1.82, 2.24) is 19.7 Å². The molecule has 19 heavy (non-hydrogen) atoms. The molecule has 0 unspecified atom stereocenters. The number of hydrazine groups is 1. The van der Waals surface area contributed by atoms with Crippen LogP contribution in [0.2, 0.25) is 0 Å². The second kappa shape index (κ2) is 5.17. The minimum atomic E-state index is 0.608. The zero-order valence-electron chi connectivity index (χ0n) is 10.0. The SMILES string of the molecule is NNc1nnc(Cn2ccnc2-c2ccccc2)s1. The molecule has 0 saturated carbocycles. The largest absolute Gasteiger partial charge is 0.324 e. The Morgan fingerprint density at radius 3 is 2.79 bits per heavy atom. The number of benzene rings is 1. The van der Waals surface area contributed by atoms with Crippen LogP contribution in [0.1, 0.15) is 5.01 Å². The van der Waals surface area contributed by atoms with Gasteiger partial charge in [0.15, 0.2) is 0 Å². The summed E-state index contributed by atoms with van der Waals surface area (Å²) in [6.07, 6.45) is 3.71. The predicted molar refractivity (Wildman–Crippen MR) is 74.5 cm³/mol. The number of aromatic nitrogens is 4. The molecule has 0 bridgehead atoms.